The number of phenolic OH excluding ortho intramolecular Hbond substituents is 1. The zero-order valence-corrected chi connectivity index (χ0v) is 10.1. The average molecular weight is 239 g/mol. The highest BCUT2D eigenvalue weighted by molar-refractivity contribution is 5.26. The van der Waals surface area contributed by atoms with Crippen LogP contribution in [0.15, 0.2) is 24.3 Å². The fraction of sp³-hybridized carbons (Fsp3) is 0.538. The number of unbranched alkanes of at least 4 members (excludes halogenated alkanes) is 1. The molecule has 0 aliphatic heterocycles. The highest BCUT2D eigenvalue weighted by Crippen LogP contribution is 2.18. The summed E-state index contributed by atoms with van der Waals surface area (Å²) in [7, 11) is 0. The quantitative estimate of drug-likeness (QED) is 0.561. The van der Waals surface area contributed by atoms with Crippen molar-refractivity contribution in [1.82, 2.24) is 0 Å². The van der Waals surface area contributed by atoms with Crippen LogP contribution in [0.25, 0.3) is 0 Å². The summed E-state index contributed by atoms with van der Waals surface area (Å²) < 4.78 is 0. The molecule has 0 radical (unpaired) electrons. The van der Waals surface area contributed by atoms with Crippen molar-refractivity contribution in [3.05, 3.63) is 29.8 Å². The number of hydrogen-bond acceptors (Lipinski definition) is 4. The molecule has 0 heterocycles. The predicted molar refractivity (Wildman–Crippen MR) is 66.5 cm³/mol. The molecule has 0 amide bonds. The maximum Gasteiger partial charge on any atom is 0.178 e. The molecule has 5 N–H and O–H groups in total. The SMILES string of the molecule is CCCCC(O)(O)[C@@H](N)Cc1ccc(O)cc1. The number of benzene rings is 1. The van der Waals surface area contributed by atoms with Crippen molar-refractivity contribution >= 4 is 0 Å². The number of aromatic hydroxyl groups is 1. The number of hydrogen-bond donors (Lipinski definition) is 4. The van der Waals surface area contributed by atoms with Gasteiger partial charge in [-0.25, -0.2) is 0 Å². The summed E-state index contributed by atoms with van der Waals surface area (Å²) in [5, 5.41) is 28.8. The Balaban J connectivity index is 2.58. The van der Waals surface area contributed by atoms with Crippen molar-refractivity contribution in [3.63, 3.8) is 0 Å². The van der Waals surface area contributed by atoms with E-state index in [2.05, 4.69) is 0 Å². The van der Waals surface area contributed by atoms with E-state index in [1.807, 2.05) is 6.92 Å². The molecule has 0 saturated heterocycles. The van der Waals surface area contributed by atoms with Crippen LogP contribution in [0.2, 0.25) is 0 Å². The molecule has 0 spiro atoms. The Morgan fingerprint density at radius 3 is 2.35 bits per heavy atom. The lowest BCUT2D eigenvalue weighted by atomic mass is 9.95. The topological polar surface area (TPSA) is 86.7 Å². The molecule has 0 aliphatic rings. The van der Waals surface area contributed by atoms with Gasteiger partial charge in [-0.1, -0.05) is 25.5 Å². The third-order valence-corrected chi connectivity index (χ3v) is 2.88. The largest absolute Gasteiger partial charge is 0.508 e. The van der Waals surface area contributed by atoms with Crippen LogP contribution in [0.5, 0.6) is 5.75 Å². The lowest BCUT2D eigenvalue weighted by Gasteiger charge is -2.28. The minimum absolute atomic E-state index is 0.188. The molecular weight excluding hydrogens is 218 g/mol. The van der Waals surface area contributed by atoms with Gasteiger partial charge in [0.25, 0.3) is 0 Å². The summed E-state index contributed by atoms with van der Waals surface area (Å²) in [6.45, 7) is 1.99. The van der Waals surface area contributed by atoms with E-state index in [4.69, 9.17) is 10.8 Å². The fourth-order valence-corrected chi connectivity index (χ4v) is 1.67. The van der Waals surface area contributed by atoms with Crippen LogP contribution in [0.1, 0.15) is 31.7 Å². The molecule has 0 aliphatic carbocycles. The minimum atomic E-state index is -1.83. The van der Waals surface area contributed by atoms with Gasteiger partial charge in [-0.3, -0.25) is 0 Å². The van der Waals surface area contributed by atoms with Crippen LogP contribution < -0.4 is 5.73 Å². The van der Waals surface area contributed by atoms with Crippen molar-refractivity contribution < 1.29 is 15.3 Å². The highest BCUT2D eigenvalue weighted by atomic mass is 16.5. The first-order valence-electron chi connectivity index (χ1n) is 5.94. The van der Waals surface area contributed by atoms with Crippen molar-refractivity contribution in [2.24, 2.45) is 5.73 Å². The molecule has 0 unspecified atom stereocenters. The zero-order chi connectivity index (χ0) is 12.9. The standard InChI is InChI=1S/C13H21NO3/c1-2-3-8-13(16,17)12(14)9-10-4-6-11(15)7-5-10/h4-7,12,15-17H,2-3,8-9,14H2,1H3/t12-/m0/s1. The molecule has 1 aromatic rings. The van der Waals surface area contributed by atoms with Crippen LogP contribution in [-0.2, 0) is 6.42 Å². The van der Waals surface area contributed by atoms with E-state index in [1.165, 1.54) is 0 Å². The van der Waals surface area contributed by atoms with Crippen LogP contribution >= 0.6 is 0 Å². The molecule has 0 fully saturated rings. The summed E-state index contributed by atoms with van der Waals surface area (Å²) >= 11 is 0. The molecule has 4 heteroatoms. The van der Waals surface area contributed by atoms with Gasteiger partial charge in [-0.2, -0.15) is 0 Å². The minimum Gasteiger partial charge on any atom is -0.508 e. The van der Waals surface area contributed by atoms with E-state index in [9.17, 15) is 10.2 Å². The normalized spacial score (nSPS) is 13.6. The molecule has 4 nitrogen and oxygen atoms in total. The van der Waals surface area contributed by atoms with Crippen molar-refractivity contribution in [3.8, 4) is 5.75 Å². The van der Waals surface area contributed by atoms with Gasteiger partial charge < -0.3 is 21.1 Å². The number of nitrogens with two attached hydrogens (primary N) is 1. The van der Waals surface area contributed by atoms with Crippen LogP contribution in [0.3, 0.4) is 0 Å². The van der Waals surface area contributed by atoms with E-state index in [1.54, 1.807) is 24.3 Å². The molecule has 0 aromatic heterocycles. The Bertz CT molecular complexity index is 335. The van der Waals surface area contributed by atoms with Gasteiger partial charge in [0.2, 0.25) is 0 Å². The molecule has 1 atom stereocenters. The monoisotopic (exact) mass is 239 g/mol. The lowest BCUT2D eigenvalue weighted by Crippen LogP contribution is -2.49. The number of rotatable bonds is 6. The second kappa shape index (κ2) is 6.00. The predicted octanol–water partition coefficient (Wildman–Crippen LogP) is 1.13. The van der Waals surface area contributed by atoms with Gasteiger partial charge in [0.05, 0.1) is 6.04 Å². The second-order valence-corrected chi connectivity index (χ2v) is 4.46. The molecule has 96 valence electrons. The van der Waals surface area contributed by atoms with Crippen LogP contribution in [0, 0.1) is 0 Å². The Labute approximate surface area is 102 Å². The van der Waals surface area contributed by atoms with Crippen LogP contribution in [0.4, 0.5) is 0 Å². The van der Waals surface area contributed by atoms with E-state index < -0.39 is 11.8 Å². The molecule has 0 bridgehead atoms. The van der Waals surface area contributed by atoms with E-state index in [0.29, 0.717) is 6.42 Å². The van der Waals surface area contributed by atoms with Gasteiger partial charge in [0.1, 0.15) is 5.75 Å². The molecule has 1 rings (SSSR count). The molecule has 0 saturated carbocycles. The maximum atomic E-state index is 9.81. The van der Waals surface area contributed by atoms with Gasteiger partial charge in [0, 0.05) is 6.42 Å². The van der Waals surface area contributed by atoms with Crippen LogP contribution in [-0.4, -0.2) is 27.1 Å². The first-order valence-corrected chi connectivity index (χ1v) is 5.94. The highest BCUT2D eigenvalue weighted by Gasteiger charge is 2.30. The lowest BCUT2D eigenvalue weighted by molar-refractivity contribution is -0.181. The zero-order valence-electron chi connectivity index (χ0n) is 10.1. The van der Waals surface area contributed by atoms with E-state index >= 15 is 0 Å². The van der Waals surface area contributed by atoms with E-state index in [0.717, 1.165) is 18.4 Å². The van der Waals surface area contributed by atoms with Gasteiger partial charge >= 0.3 is 0 Å². The summed E-state index contributed by atoms with van der Waals surface area (Å²) in [6.07, 6.45) is 2.28. The third-order valence-electron chi connectivity index (χ3n) is 2.88. The van der Waals surface area contributed by atoms with Gasteiger partial charge in [-0.05, 0) is 30.5 Å². The average Bonchev–Trinajstić information content (AvgIpc) is 2.29. The second-order valence-electron chi connectivity index (χ2n) is 4.46. The molecule has 17 heavy (non-hydrogen) atoms. The van der Waals surface area contributed by atoms with Crippen molar-refractivity contribution in [2.45, 2.75) is 44.4 Å². The Morgan fingerprint density at radius 1 is 1.24 bits per heavy atom. The maximum absolute atomic E-state index is 9.81. The Kier molecular flexibility index (Phi) is 4.93. The smallest absolute Gasteiger partial charge is 0.178 e. The first-order chi connectivity index (χ1) is 7.95. The number of aliphatic hydroxyl groups is 2. The van der Waals surface area contributed by atoms with Gasteiger partial charge in [0.15, 0.2) is 5.79 Å². The van der Waals surface area contributed by atoms with Gasteiger partial charge in [-0.15, -0.1) is 0 Å². The Hall–Kier alpha value is -1.10. The molecular formula is C13H21NO3. The fourth-order valence-electron chi connectivity index (χ4n) is 1.67. The van der Waals surface area contributed by atoms with Crippen molar-refractivity contribution in [1.29, 1.82) is 0 Å². The summed E-state index contributed by atoms with van der Waals surface area (Å²) in [6, 6.07) is 5.85. The number of phenols is 1. The summed E-state index contributed by atoms with van der Waals surface area (Å²) in [5.41, 5.74) is 6.67. The molecule has 1 aromatic carbocycles. The Morgan fingerprint density at radius 2 is 1.82 bits per heavy atom. The summed E-state index contributed by atoms with van der Waals surface area (Å²) in [5.74, 6) is -1.64. The van der Waals surface area contributed by atoms with E-state index in [-0.39, 0.29) is 12.2 Å². The summed E-state index contributed by atoms with van der Waals surface area (Å²) in [4.78, 5) is 0. The first kappa shape index (κ1) is 14.0. The van der Waals surface area contributed by atoms with Crippen molar-refractivity contribution in [2.75, 3.05) is 0 Å². The third kappa shape index (κ3) is 4.34.